The molecule has 1 aliphatic rings. The maximum Gasteiger partial charge on any atom is 0.251 e. The van der Waals surface area contributed by atoms with E-state index in [1.54, 1.807) is 11.7 Å². The van der Waals surface area contributed by atoms with Crippen LogP contribution in [0.1, 0.15) is 34.3 Å². The second-order valence-electron chi connectivity index (χ2n) is 9.28. The van der Waals surface area contributed by atoms with Crippen LogP contribution in [0.2, 0.25) is 0 Å². The van der Waals surface area contributed by atoms with Gasteiger partial charge in [0.2, 0.25) is 5.91 Å². The third-order valence-corrected chi connectivity index (χ3v) is 6.89. The van der Waals surface area contributed by atoms with Crippen molar-refractivity contribution in [1.82, 2.24) is 25.1 Å². The lowest BCUT2D eigenvalue weighted by molar-refractivity contribution is 0.100. The molecule has 36 heavy (non-hydrogen) atoms. The van der Waals surface area contributed by atoms with Crippen LogP contribution in [0.25, 0.3) is 21.9 Å². The fraction of sp³-hybridized carbons (Fsp3) is 0.385. The molecule has 1 aliphatic heterocycles. The topological polar surface area (TPSA) is 129 Å². The Hall–Kier alpha value is -3.60. The Morgan fingerprint density at radius 2 is 1.86 bits per heavy atom. The number of carbonyl (C=O) groups excluding carboxylic acids is 1. The molecule has 3 heterocycles. The highest BCUT2D eigenvalue weighted by Crippen LogP contribution is 2.20. The summed E-state index contributed by atoms with van der Waals surface area (Å²) < 4.78 is 11.8. The maximum atomic E-state index is 12.9. The monoisotopic (exact) mass is 490 g/mol. The van der Waals surface area contributed by atoms with Crippen LogP contribution in [0.3, 0.4) is 0 Å². The quantitative estimate of drug-likeness (QED) is 0.365. The molecule has 188 valence electrons. The number of amides is 1. The highest BCUT2D eigenvalue weighted by molar-refractivity contribution is 6.05. The van der Waals surface area contributed by atoms with Gasteiger partial charge in [0.25, 0.3) is 5.56 Å². The van der Waals surface area contributed by atoms with Crippen LogP contribution in [-0.2, 0) is 24.4 Å². The normalized spacial score (nSPS) is 15.1. The Balaban J connectivity index is 1.21. The smallest absolute Gasteiger partial charge is 0.251 e. The average molecular weight is 491 g/mol. The van der Waals surface area contributed by atoms with Crippen LogP contribution >= 0.6 is 0 Å². The van der Waals surface area contributed by atoms with E-state index in [0.717, 1.165) is 61.2 Å². The third-order valence-electron chi connectivity index (χ3n) is 6.89. The molecule has 10 nitrogen and oxygen atoms in total. The Labute approximate surface area is 208 Å². The number of fused-ring (bicyclic) bond motifs is 2. The molecular formula is C26H30N6O4. The predicted molar refractivity (Wildman–Crippen MR) is 136 cm³/mol. The summed E-state index contributed by atoms with van der Waals surface area (Å²) in [5.74, 6) is -0.601. The molecule has 1 fully saturated rings. The summed E-state index contributed by atoms with van der Waals surface area (Å²) in [6.07, 6.45) is 2.06. The zero-order valence-corrected chi connectivity index (χ0v) is 20.3. The summed E-state index contributed by atoms with van der Waals surface area (Å²) in [6, 6.07) is 13.4. The van der Waals surface area contributed by atoms with Crippen molar-refractivity contribution < 1.29 is 14.2 Å². The number of pyridine rings is 1. The first kappa shape index (κ1) is 24.1. The molecule has 3 N–H and O–H groups in total. The number of hydrogen-bond acceptors (Lipinski definition) is 8. The van der Waals surface area contributed by atoms with Crippen molar-refractivity contribution >= 4 is 27.8 Å². The van der Waals surface area contributed by atoms with E-state index in [-0.39, 0.29) is 11.1 Å². The van der Waals surface area contributed by atoms with Gasteiger partial charge >= 0.3 is 0 Å². The van der Waals surface area contributed by atoms with Crippen LogP contribution in [0, 0.1) is 0 Å². The summed E-state index contributed by atoms with van der Waals surface area (Å²) >= 11 is 0. The van der Waals surface area contributed by atoms with Gasteiger partial charge in [-0.25, -0.2) is 4.63 Å². The highest BCUT2D eigenvalue weighted by atomic mass is 16.6. The van der Waals surface area contributed by atoms with Gasteiger partial charge in [-0.3, -0.25) is 9.59 Å². The lowest BCUT2D eigenvalue weighted by Gasteiger charge is -2.32. The number of methoxy groups -OCH3 is 1. The Bertz CT molecular complexity index is 1440. The number of carbonyl (C=O) groups is 1. The van der Waals surface area contributed by atoms with Crippen molar-refractivity contribution in [3.8, 4) is 0 Å². The number of piperidine rings is 1. The van der Waals surface area contributed by atoms with Crippen LogP contribution in [0.4, 0.5) is 0 Å². The van der Waals surface area contributed by atoms with Crippen molar-refractivity contribution in [3.63, 3.8) is 0 Å². The number of primary amides is 1. The molecule has 0 aliphatic carbocycles. The van der Waals surface area contributed by atoms with Gasteiger partial charge in [-0.15, -0.1) is 0 Å². The van der Waals surface area contributed by atoms with Crippen LogP contribution in [0.15, 0.2) is 51.9 Å². The van der Waals surface area contributed by atoms with Gasteiger partial charge in [0.15, 0.2) is 0 Å². The van der Waals surface area contributed by atoms with Crippen LogP contribution < -0.4 is 16.6 Å². The van der Waals surface area contributed by atoms with Crippen molar-refractivity contribution in [2.45, 2.75) is 38.6 Å². The molecule has 10 heteroatoms. The molecule has 0 atom stereocenters. The fourth-order valence-corrected chi connectivity index (χ4v) is 4.92. The van der Waals surface area contributed by atoms with E-state index in [2.05, 4.69) is 20.5 Å². The molecule has 0 bridgehead atoms. The van der Waals surface area contributed by atoms with E-state index < -0.39 is 5.91 Å². The molecule has 2 aromatic heterocycles. The Morgan fingerprint density at radius 3 is 2.64 bits per heavy atom. The first-order chi connectivity index (χ1) is 17.5. The first-order valence-electron chi connectivity index (χ1n) is 12.1. The molecule has 0 unspecified atom stereocenters. The largest absolute Gasteiger partial charge is 0.380 e. The van der Waals surface area contributed by atoms with Crippen molar-refractivity contribution in [2.75, 3.05) is 26.7 Å². The van der Waals surface area contributed by atoms with Crippen LogP contribution in [-0.4, -0.2) is 58.5 Å². The number of aromatic nitrogens is 3. The number of nitrogens with one attached hydrogen (secondary N) is 1. The summed E-state index contributed by atoms with van der Waals surface area (Å²) in [5.41, 5.74) is 9.90. The van der Waals surface area contributed by atoms with Crippen molar-refractivity contribution in [3.05, 3.63) is 69.5 Å². The van der Waals surface area contributed by atoms with Crippen LogP contribution in [0.5, 0.6) is 0 Å². The van der Waals surface area contributed by atoms with E-state index in [0.29, 0.717) is 30.1 Å². The second-order valence-corrected chi connectivity index (χ2v) is 9.28. The average Bonchev–Trinajstić information content (AvgIpc) is 3.35. The van der Waals surface area contributed by atoms with Gasteiger partial charge in [0, 0.05) is 44.2 Å². The van der Waals surface area contributed by atoms with E-state index in [1.165, 1.54) is 6.07 Å². The Kier molecular flexibility index (Phi) is 7.08. The molecule has 0 radical (unpaired) electrons. The highest BCUT2D eigenvalue weighted by Gasteiger charge is 2.20. The van der Waals surface area contributed by atoms with Gasteiger partial charge in [-0.2, -0.15) is 0 Å². The molecule has 5 rings (SSSR count). The zero-order chi connectivity index (χ0) is 25.1. The molecule has 2 aromatic carbocycles. The number of ether oxygens (including phenoxy) is 1. The molecule has 0 spiro atoms. The van der Waals surface area contributed by atoms with E-state index >= 15 is 0 Å². The summed E-state index contributed by atoms with van der Waals surface area (Å²) in [5, 5.41) is 12.1. The van der Waals surface area contributed by atoms with E-state index in [9.17, 15) is 9.59 Å². The summed E-state index contributed by atoms with van der Waals surface area (Å²) in [4.78, 5) is 27.2. The van der Waals surface area contributed by atoms with Crippen molar-refractivity contribution in [1.29, 1.82) is 0 Å². The number of likely N-dealkylation sites (tertiary alicyclic amines) is 1. The molecular weight excluding hydrogens is 460 g/mol. The molecule has 1 amide bonds. The summed E-state index contributed by atoms with van der Waals surface area (Å²) in [6.45, 7) is 4.38. The van der Waals surface area contributed by atoms with Gasteiger partial charge in [-0.05, 0) is 65.6 Å². The maximum absolute atomic E-state index is 12.9. The second kappa shape index (κ2) is 10.6. The number of rotatable bonds is 9. The standard InChI is InChI=1S/C26H30N6O4/c1-35-16-18-2-4-20-21(26(27)34)14-25(33)32(24(20)13-18)11-10-31-8-6-19(7-9-31)28-15-17-3-5-22-23(12-17)30-36-29-22/h2-5,12-14,19,28H,6-11,15-16H2,1H3,(H2,27,34). The number of hydrogen-bond donors (Lipinski definition) is 2. The minimum absolute atomic E-state index is 0.221. The summed E-state index contributed by atoms with van der Waals surface area (Å²) in [7, 11) is 1.63. The number of nitrogens with zero attached hydrogens (tertiary/aromatic N) is 4. The van der Waals surface area contributed by atoms with Gasteiger partial charge in [0.1, 0.15) is 11.0 Å². The van der Waals surface area contributed by atoms with Gasteiger partial charge < -0.3 is 25.3 Å². The van der Waals surface area contributed by atoms with Gasteiger partial charge in [0.05, 0.1) is 17.7 Å². The molecule has 1 saturated heterocycles. The third kappa shape index (κ3) is 5.15. The number of nitrogens with two attached hydrogens (primary N) is 1. The fourth-order valence-electron chi connectivity index (χ4n) is 4.92. The van der Waals surface area contributed by atoms with Gasteiger partial charge in [-0.1, -0.05) is 18.2 Å². The number of benzene rings is 2. The molecule has 0 saturated carbocycles. The molecule has 4 aromatic rings. The van der Waals surface area contributed by atoms with E-state index in [1.807, 2.05) is 36.4 Å². The zero-order valence-electron chi connectivity index (χ0n) is 20.3. The minimum atomic E-state index is -0.601. The Morgan fingerprint density at radius 1 is 1.08 bits per heavy atom. The SMILES string of the molecule is COCc1ccc2c(C(N)=O)cc(=O)n(CCN3CCC(NCc4ccc5nonc5c4)CC3)c2c1. The van der Waals surface area contributed by atoms with E-state index in [4.69, 9.17) is 15.1 Å². The lowest BCUT2D eigenvalue weighted by Crippen LogP contribution is -2.43. The lowest BCUT2D eigenvalue weighted by atomic mass is 10.0. The first-order valence-corrected chi connectivity index (χ1v) is 12.1. The van der Waals surface area contributed by atoms with Crippen molar-refractivity contribution in [2.24, 2.45) is 5.73 Å². The minimum Gasteiger partial charge on any atom is -0.380 e. The predicted octanol–water partition coefficient (Wildman–Crippen LogP) is 2.04.